The summed E-state index contributed by atoms with van der Waals surface area (Å²) < 4.78 is 16.2. The third kappa shape index (κ3) is 2.81. The highest BCUT2D eigenvalue weighted by atomic mass is 35.5. The Morgan fingerprint density at radius 2 is 2.26 bits per heavy atom. The van der Waals surface area contributed by atoms with Crippen molar-refractivity contribution in [2.45, 2.75) is 26.0 Å². The first-order valence-corrected chi connectivity index (χ1v) is 7.02. The average Bonchev–Trinajstić information content (AvgIpc) is 2.99. The number of fused-ring (bicyclic) bond motifs is 1. The molecule has 1 fully saturated rings. The van der Waals surface area contributed by atoms with Gasteiger partial charge in [-0.2, -0.15) is 0 Å². The predicted molar refractivity (Wildman–Crippen MR) is 72.8 cm³/mol. The maximum atomic E-state index is 6.15. The molecule has 19 heavy (non-hydrogen) atoms. The molecular weight excluding hydrogens is 266 g/mol. The Kier molecular flexibility index (Phi) is 3.82. The van der Waals surface area contributed by atoms with Gasteiger partial charge in [0, 0.05) is 19.7 Å². The summed E-state index contributed by atoms with van der Waals surface area (Å²) in [6.45, 7) is 5.01. The number of hydrogen-bond acceptors (Lipinski definition) is 4. The minimum Gasteiger partial charge on any atom is -0.454 e. The lowest BCUT2D eigenvalue weighted by atomic mass is 10.0. The Hall–Kier alpha value is -0.970. The second-order valence-corrected chi connectivity index (χ2v) is 5.47. The molecule has 2 unspecified atom stereocenters. The molecule has 2 atom stereocenters. The van der Waals surface area contributed by atoms with Gasteiger partial charge in [0.2, 0.25) is 6.79 Å². The zero-order valence-electron chi connectivity index (χ0n) is 10.9. The molecule has 2 heterocycles. The summed E-state index contributed by atoms with van der Waals surface area (Å²) in [4.78, 5) is 0. The minimum atomic E-state index is 0.253. The van der Waals surface area contributed by atoms with E-state index in [0.29, 0.717) is 22.8 Å². The van der Waals surface area contributed by atoms with Gasteiger partial charge in [0.05, 0.1) is 11.1 Å². The van der Waals surface area contributed by atoms with Gasteiger partial charge in [-0.05, 0) is 37.0 Å². The highest BCUT2D eigenvalue weighted by Crippen LogP contribution is 2.39. The normalized spacial score (nSPS) is 24.9. The second-order valence-electron chi connectivity index (χ2n) is 5.07. The van der Waals surface area contributed by atoms with Crippen LogP contribution in [0.4, 0.5) is 0 Å². The highest BCUT2D eigenvalue weighted by Gasteiger charge is 2.23. The maximum Gasteiger partial charge on any atom is 0.231 e. The molecule has 1 aromatic rings. The van der Waals surface area contributed by atoms with Crippen LogP contribution in [0.1, 0.15) is 18.9 Å². The predicted octanol–water partition coefficient (Wildman–Crippen LogP) is 2.58. The minimum absolute atomic E-state index is 0.253. The third-order valence-electron chi connectivity index (χ3n) is 3.76. The van der Waals surface area contributed by atoms with Crippen LogP contribution in [0.2, 0.25) is 5.02 Å². The van der Waals surface area contributed by atoms with Crippen LogP contribution >= 0.6 is 11.6 Å². The Bertz CT molecular complexity index is 466. The Morgan fingerprint density at radius 1 is 1.37 bits per heavy atom. The summed E-state index contributed by atoms with van der Waals surface area (Å²) in [5.41, 5.74) is 1.11. The lowest BCUT2D eigenvalue weighted by Gasteiger charge is -2.15. The van der Waals surface area contributed by atoms with Gasteiger partial charge in [0.25, 0.3) is 0 Å². The van der Waals surface area contributed by atoms with Gasteiger partial charge >= 0.3 is 0 Å². The van der Waals surface area contributed by atoms with Crippen molar-refractivity contribution < 1.29 is 14.2 Å². The molecule has 1 N–H and O–H groups in total. The van der Waals surface area contributed by atoms with E-state index >= 15 is 0 Å². The van der Waals surface area contributed by atoms with Crippen LogP contribution in [0.15, 0.2) is 12.1 Å². The van der Waals surface area contributed by atoms with Crippen molar-refractivity contribution >= 4 is 11.6 Å². The molecule has 0 radical (unpaired) electrons. The summed E-state index contributed by atoms with van der Waals surface area (Å²) in [6, 6.07) is 3.91. The van der Waals surface area contributed by atoms with Gasteiger partial charge in [-0.1, -0.05) is 11.6 Å². The summed E-state index contributed by atoms with van der Waals surface area (Å²) in [5, 5.41) is 4.07. The fourth-order valence-corrected chi connectivity index (χ4v) is 2.86. The van der Waals surface area contributed by atoms with Crippen LogP contribution < -0.4 is 14.8 Å². The van der Waals surface area contributed by atoms with Crippen LogP contribution in [0.3, 0.4) is 0 Å². The van der Waals surface area contributed by atoms with Crippen molar-refractivity contribution in [1.82, 2.24) is 5.32 Å². The third-order valence-corrected chi connectivity index (χ3v) is 4.04. The van der Waals surface area contributed by atoms with Crippen LogP contribution in [-0.4, -0.2) is 26.0 Å². The van der Waals surface area contributed by atoms with Gasteiger partial charge in [-0.25, -0.2) is 0 Å². The van der Waals surface area contributed by atoms with Gasteiger partial charge in [-0.3, -0.25) is 0 Å². The molecule has 5 heteroatoms. The Morgan fingerprint density at radius 3 is 3.05 bits per heavy atom. The van der Waals surface area contributed by atoms with Crippen LogP contribution in [-0.2, 0) is 11.3 Å². The average molecular weight is 284 g/mol. The van der Waals surface area contributed by atoms with E-state index in [2.05, 4.69) is 12.2 Å². The smallest absolute Gasteiger partial charge is 0.231 e. The van der Waals surface area contributed by atoms with E-state index in [-0.39, 0.29) is 6.79 Å². The van der Waals surface area contributed by atoms with Crippen LogP contribution in [0.5, 0.6) is 11.5 Å². The van der Waals surface area contributed by atoms with E-state index in [1.807, 2.05) is 12.1 Å². The van der Waals surface area contributed by atoms with E-state index in [0.717, 1.165) is 37.4 Å². The standard InChI is InChI=1S/C14H18ClNO3/c1-9-11(2-3-17-9)7-16-6-10-4-12(15)14-13(5-10)18-8-19-14/h4-5,9,11,16H,2-3,6-8H2,1H3. The largest absolute Gasteiger partial charge is 0.454 e. The first-order chi connectivity index (χ1) is 9.24. The molecule has 1 saturated heterocycles. The number of hydrogen-bond donors (Lipinski definition) is 1. The summed E-state index contributed by atoms with van der Waals surface area (Å²) in [5.74, 6) is 1.99. The number of benzene rings is 1. The summed E-state index contributed by atoms with van der Waals surface area (Å²) >= 11 is 6.15. The van der Waals surface area contributed by atoms with Gasteiger partial charge in [0.15, 0.2) is 11.5 Å². The van der Waals surface area contributed by atoms with Crippen molar-refractivity contribution in [2.24, 2.45) is 5.92 Å². The van der Waals surface area contributed by atoms with Crippen molar-refractivity contribution in [1.29, 1.82) is 0 Å². The molecule has 0 bridgehead atoms. The van der Waals surface area contributed by atoms with Gasteiger partial charge in [-0.15, -0.1) is 0 Å². The first kappa shape index (κ1) is 13.0. The molecule has 0 amide bonds. The lowest BCUT2D eigenvalue weighted by molar-refractivity contribution is 0.105. The Labute approximate surface area is 118 Å². The number of nitrogens with one attached hydrogen (secondary N) is 1. The van der Waals surface area contributed by atoms with Crippen molar-refractivity contribution in [3.63, 3.8) is 0 Å². The van der Waals surface area contributed by atoms with Crippen LogP contribution in [0.25, 0.3) is 0 Å². The van der Waals surface area contributed by atoms with E-state index in [1.54, 1.807) is 0 Å². The van der Waals surface area contributed by atoms with Gasteiger partial charge in [0.1, 0.15) is 0 Å². The van der Waals surface area contributed by atoms with Crippen LogP contribution in [0, 0.1) is 5.92 Å². The molecule has 0 aromatic heterocycles. The fraction of sp³-hybridized carbons (Fsp3) is 0.571. The summed E-state index contributed by atoms with van der Waals surface area (Å²) in [6.07, 6.45) is 1.49. The lowest BCUT2D eigenvalue weighted by Crippen LogP contribution is -2.26. The SMILES string of the molecule is CC1OCCC1CNCc1cc(Cl)c2c(c1)OCO2. The summed E-state index contributed by atoms with van der Waals surface area (Å²) in [7, 11) is 0. The molecule has 104 valence electrons. The fourth-order valence-electron chi connectivity index (χ4n) is 2.57. The van der Waals surface area contributed by atoms with E-state index in [1.165, 1.54) is 0 Å². The van der Waals surface area contributed by atoms with E-state index < -0.39 is 0 Å². The molecule has 2 aliphatic rings. The number of rotatable bonds is 4. The number of halogens is 1. The molecule has 4 nitrogen and oxygen atoms in total. The van der Waals surface area contributed by atoms with E-state index in [9.17, 15) is 0 Å². The molecule has 2 aliphatic heterocycles. The molecule has 3 rings (SSSR count). The topological polar surface area (TPSA) is 39.7 Å². The zero-order valence-corrected chi connectivity index (χ0v) is 11.7. The Balaban J connectivity index is 1.57. The second kappa shape index (κ2) is 5.57. The molecular formula is C14H18ClNO3. The monoisotopic (exact) mass is 283 g/mol. The van der Waals surface area contributed by atoms with Crippen molar-refractivity contribution in [3.05, 3.63) is 22.7 Å². The van der Waals surface area contributed by atoms with E-state index in [4.69, 9.17) is 25.8 Å². The quantitative estimate of drug-likeness (QED) is 0.922. The maximum absolute atomic E-state index is 6.15. The molecule has 0 aliphatic carbocycles. The molecule has 1 aromatic carbocycles. The van der Waals surface area contributed by atoms with Crippen molar-refractivity contribution in [2.75, 3.05) is 19.9 Å². The first-order valence-electron chi connectivity index (χ1n) is 6.64. The molecule has 0 saturated carbocycles. The number of ether oxygens (including phenoxy) is 3. The van der Waals surface area contributed by atoms with Crippen molar-refractivity contribution in [3.8, 4) is 11.5 Å². The highest BCUT2D eigenvalue weighted by molar-refractivity contribution is 6.32. The molecule has 0 spiro atoms. The van der Waals surface area contributed by atoms with Gasteiger partial charge < -0.3 is 19.5 Å². The zero-order chi connectivity index (χ0) is 13.2.